The Hall–Kier alpha value is -1.35. The van der Waals surface area contributed by atoms with Gasteiger partial charge in [-0.3, -0.25) is 0 Å². The topological polar surface area (TPSA) is 46.5 Å². The summed E-state index contributed by atoms with van der Waals surface area (Å²) in [5.74, 6) is -0.355. The number of aliphatic hydroxyl groups is 1. The van der Waals surface area contributed by atoms with Gasteiger partial charge in [-0.25, -0.2) is 4.79 Å². The highest BCUT2D eigenvalue weighted by atomic mass is 16.5. The average Bonchev–Trinajstić information content (AvgIpc) is 2.18. The van der Waals surface area contributed by atoms with Crippen molar-refractivity contribution in [3.8, 4) is 0 Å². The predicted molar refractivity (Wildman–Crippen MR) is 52.2 cm³/mol. The third-order valence-electron chi connectivity index (χ3n) is 1.71. The van der Waals surface area contributed by atoms with Gasteiger partial charge in [-0.15, -0.1) is 0 Å². The molecule has 0 spiro atoms. The van der Waals surface area contributed by atoms with Crippen LogP contribution in [0, 0.1) is 6.10 Å². The van der Waals surface area contributed by atoms with Gasteiger partial charge >= 0.3 is 5.97 Å². The van der Waals surface area contributed by atoms with Crippen LogP contribution in [-0.4, -0.2) is 17.7 Å². The minimum absolute atomic E-state index is 0.218. The summed E-state index contributed by atoms with van der Waals surface area (Å²) in [5.41, 5.74) is 0.531. The predicted octanol–water partition coefficient (Wildman–Crippen LogP) is 2.16. The molecule has 3 heteroatoms. The van der Waals surface area contributed by atoms with Crippen molar-refractivity contribution in [2.24, 2.45) is 0 Å². The van der Waals surface area contributed by atoms with Crippen LogP contribution in [0.1, 0.15) is 23.7 Å². The quantitative estimate of drug-likeness (QED) is 0.745. The Kier molecular flexibility index (Phi) is 4.13. The van der Waals surface area contributed by atoms with Crippen molar-refractivity contribution in [3.05, 3.63) is 42.0 Å². The maximum absolute atomic E-state index is 11.3. The number of carbonyl (C=O) groups is 1. The van der Waals surface area contributed by atoms with Crippen molar-refractivity contribution in [1.82, 2.24) is 0 Å². The molecule has 0 aliphatic carbocycles. The molecule has 14 heavy (non-hydrogen) atoms. The molecule has 0 fully saturated rings. The molecule has 0 amide bonds. The normalized spacial score (nSPS) is 10.2. The first kappa shape index (κ1) is 10.7. The molecule has 0 atom stereocenters. The number of hydrogen-bond donors (Lipinski definition) is 1. The molecule has 0 aliphatic heterocycles. The molecule has 0 bridgehead atoms. The fourth-order valence-corrected chi connectivity index (χ4v) is 0.949. The third-order valence-corrected chi connectivity index (χ3v) is 1.71. The number of carbonyl (C=O) groups excluding carboxylic acids is 1. The first-order valence-electron chi connectivity index (χ1n) is 4.43. The van der Waals surface area contributed by atoms with E-state index in [2.05, 4.69) is 0 Å². The van der Waals surface area contributed by atoms with Crippen molar-refractivity contribution >= 4 is 5.97 Å². The highest BCUT2D eigenvalue weighted by Gasteiger charge is 2.06. The van der Waals surface area contributed by atoms with E-state index >= 15 is 0 Å². The Morgan fingerprint density at radius 1 is 1.36 bits per heavy atom. The van der Waals surface area contributed by atoms with Gasteiger partial charge in [-0.2, -0.15) is 0 Å². The van der Waals surface area contributed by atoms with Crippen molar-refractivity contribution in [1.29, 1.82) is 0 Å². The molecule has 1 radical (unpaired) electrons. The molecule has 0 saturated carbocycles. The average molecular weight is 193 g/mol. The zero-order valence-corrected chi connectivity index (χ0v) is 8.06. The minimum atomic E-state index is -0.355. The molecule has 1 aromatic rings. The lowest BCUT2D eigenvalue weighted by atomic mass is 10.2. The Balaban J connectivity index is 2.36. The lowest BCUT2D eigenvalue weighted by molar-refractivity contribution is 0.0486. The summed E-state index contributed by atoms with van der Waals surface area (Å²) < 4.78 is 4.92. The van der Waals surface area contributed by atoms with E-state index < -0.39 is 0 Å². The molecule has 0 heterocycles. The van der Waals surface area contributed by atoms with Crippen LogP contribution in [0.4, 0.5) is 0 Å². The molecule has 0 aliphatic rings. The lowest BCUT2D eigenvalue weighted by Crippen LogP contribution is -2.07. The Morgan fingerprint density at radius 3 is 2.57 bits per heavy atom. The van der Waals surface area contributed by atoms with Crippen LogP contribution in [-0.2, 0) is 4.74 Å². The Morgan fingerprint density at radius 2 is 2.00 bits per heavy atom. The summed E-state index contributed by atoms with van der Waals surface area (Å²) in [7, 11) is 0. The van der Waals surface area contributed by atoms with Crippen LogP contribution in [0.5, 0.6) is 0 Å². The molecule has 1 aromatic carbocycles. The largest absolute Gasteiger partial charge is 0.462 e. The van der Waals surface area contributed by atoms with E-state index in [1.54, 1.807) is 31.2 Å². The highest BCUT2D eigenvalue weighted by molar-refractivity contribution is 5.89. The maximum atomic E-state index is 11.3. The van der Waals surface area contributed by atoms with E-state index in [0.29, 0.717) is 12.0 Å². The van der Waals surface area contributed by atoms with Crippen LogP contribution in [0.25, 0.3) is 0 Å². The summed E-state index contributed by atoms with van der Waals surface area (Å²) in [5, 5.41) is 8.86. The van der Waals surface area contributed by atoms with E-state index in [1.807, 2.05) is 6.07 Å². The minimum Gasteiger partial charge on any atom is -0.462 e. The fourth-order valence-electron chi connectivity index (χ4n) is 0.949. The monoisotopic (exact) mass is 193 g/mol. The van der Waals surface area contributed by atoms with E-state index in [-0.39, 0.29) is 18.7 Å². The van der Waals surface area contributed by atoms with E-state index in [1.165, 1.54) is 0 Å². The maximum Gasteiger partial charge on any atom is 0.338 e. The Labute approximate surface area is 83.3 Å². The SMILES string of the molecule is C[C](O)CCOC(=O)c1ccccc1. The molecule has 75 valence electrons. The van der Waals surface area contributed by atoms with Crippen molar-refractivity contribution < 1.29 is 14.6 Å². The van der Waals surface area contributed by atoms with Gasteiger partial charge in [0.1, 0.15) is 0 Å². The molecule has 0 aromatic heterocycles. The molecular formula is C11H13O3. The summed E-state index contributed by atoms with van der Waals surface area (Å²) in [6.45, 7) is 1.80. The van der Waals surface area contributed by atoms with Gasteiger partial charge in [0.05, 0.1) is 18.3 Å². The molecule has 3 nitrogen and oxygen atoms in total. The van der Waals surface area contributed by atoms with Crippen molar-refractivity contribution in [2.75, 3.05) is 6.61 Å². The zero-order chi connectivity index (χ0) is 10.4. The number of rotatable bonds is 4. The number of hydrogen-bond acceptors (Lipinski definition) is 3. The van der Waals surface area contributed by atoms with Gasteiger partial charge in [-0.05, 0) is 19.1 Å². The number of esters is 1. The van der Waals surface area contributed by atoms with Gasteiger partial charge < -0.3 is 9.84 Å². The van der Waals surface area contributed by atoms with Gasteiger partial charge in [0.25, 0.3) is 0 Å². The zero-order valence-electron chi connectivity index (χ0n) is 8.06. The first-order chi connectivity index (χ1) is 6.70. The third kappa shape index (κ3) is 3.58. The fraction of sp³-hybridized carbons (Fsp3) is 0.273. The second-order valence-corrected chi connectivity index (χ2v) is 2.99. The summed E-state index contributed by atoms with van der Waals surface area (Å²) >= 11 is 0. The second kappa shape index (κ2) is 5.40. The van der Waals surface area contributed by atoms with Gasteiger partial charge in [0, 0.05) is 6.42 Å². The molecule has 1 rings (SSSR count). The van der Waals surface area contributed by atoms with Crippen molar-refractivity contribution in [3.63, 3.8) is 0 Å². The van der Waals surface area contributed by atoms with Crippen molar-refractivity contribution in [2.45, 2.75) is 13.3 Å². The summed E-state index contributed by atoms with van der Waals surface area (Å²) in [6.07, 6.45) is 0.657. The lowest BCUT2D eigenvalue weighted by Gasteiger charge is -2.05. The molecule has 1 N–H and O–H groups in total. The van der Waals surface area contributed by atoms with Gasteiger partial charge in [-0.1, -0.05) is 18.2 Å². The molecular weight excluding hydrogens is 180 g/mol. The summed E-state index contributed by atoms with van der Waals surface area (Å²) in [4.78, 5) is 11.3. The standard InChI is InChI=1S/C11H13O3/c1-9(12)7-8-14-11(13)10-5-3-2-4-6-10/h2-6,12H,7-8H2,1H3. The first-order valence-corrected chi connectivity index (χ1v) is 4.43. The number of benzene rings is 1. The van der Waals surface area contributed by atoms with Crippen LogP contribution < -0.4 is 0 Å². The van der Waals surface area contributed by atoms with E-state index in [0.717, 1.165) is 0 Å². The number of aliphatic hydroxyl groups excluding tert-OH is 1. The van der Waals surface area contributed by atoms with Crippen LogP contribution in [0.2, 0.25) is 0 Å². The second-order valence-electron chi connectivity index (χ2n) is 2.99. The molecule has 0 unspecified atom stereocenters. The molecule has 0 saturated heterocycles. The number of ether oxygens (including phenoxy) is 1. The Bertz CT molecular complexity index is 280. The smallest absolute Gasteiger partial charge is 0.338 e. The van der Waals surface area contributed by atoms with Crippen LogP contribution in [0.3, 0.4) is 0 Å². The van der Waals surface area contributed by atoms with Gasteiger partial charge in [0.2, 0.25) is 0 Å². The van der Waals surface area contributed by atoms with E-state index in [9.17, 15) is 4.79 Å². The van der Waals surface area contributed by atoms with E-state index in [4.69, 9.17) is 9.84 Å². The highest BCUT2D eigenvalue weighted by Crippen LogP contribution is 2.03. The summed E-state index contributed by atoms with van der Waals surface area (Å²) in [6, 6.07) is 8.78. The van der Waals surface area contributed by atoms with Crippen LogP contribution in [0.15, 0.2) is 30.3 Å². The van der Waals surface area contributed by atoms with Crippen LogP contribution >= 0.6 is 0 Å². The van der Waals surface area contributed by atoms with Gasteiger partial charge in [0.15, 0.2) is 0 Å².